The number of hydrogen-bond acceptors (Lipinski definition) is 6. The molecule has 1 aromatic rings. The molecule has 1 aromatic carbocycles. The van der Waals surface area contributed by atoms with Crippen molar-refractivity contribution < 1.29 is 29.6 Å². The first kappa shape index (κ1) is 13.0. The lowest BCUT2D eigenvalue weighted by molar-refractivity contribution is -0.139. The molecule has 1 aliphatic heterocycles. The second-order valence-corrected chi connectivity index (χ2v) is 3.98. The van der Waals surface area contributed by atoms with Crippen molar-refractivity contribution in [1.29, 1.82) is 0 Å². The maximum absolute atomic E-state index is 11.7. The smallest absolute Gasteiger partial charge is 0.340 e. The first-order valence-corrected chi connectivity index (χ1v) is 5.52. The fourth-order valence-electron chi connectivity index (χ4n) is 1.71. The van der Waals surface area contributed by atoms with Gasteiger partial charge in [0, 0.05) is 0 Å². The molecule has 1 heterocycles. The first-order valence-electron chi connectivity index (χ1n) is 5.52. The van der Waals surface area contributed by atoms with Gasteiger partial charge in [0.15, 0.2) is 0 Å². The number of rotatable bonds is 3. The Hall–Kier alpha value is -1.47. The fourth-order valence-corrected chi connectivity index (χ4v) is 1.71. The van der Waals surface area contributed by atoms with E-state index in [0.29, 0.717) is 5.56 Å². The van der Waals surface area contributed by atoms with Gasteiger partial charge in [-0.15, -0.1) is 0 Å². The molecule has 0 aromatic heterocycles. The molecular weight excluding hydrogens is 240 g/mol. The predicted molar refractivity (Wildman–Crippen MR) is 59.6 cm³/mol. The molecule has 1 aliphatic rings. The van der Waals surface area contributed by atoms with Gasteiger partial charge in [-0.25, -0.2) is 4.79 Å². The Kier molecular flexibility index (Phi) is 3.93. The molecule has 0 spiro atoms. The Bertz CT molecular complexity index is 406. The van der Waals surface area contributed by atoms with Gasteiger partial charge in [0.05, 0.1) is 12.2 Å². The van der Waals surface area contributed by atoms with E-state index in [2.05, 4.69) is 0 Å². The van der Waals surface area contributed by atoms with Gasteiger partial charge >= 0.3 is 5.97 Å². The van der Waals surface area contributed by atoms with Gasteiger partial charge in [-0.1, -0.05) is 18.2 Å². The van der Waals surface area contributed by atoms with E-state index in [1.807, 2.05) is 0 Å². The normalized spacial score (nSPS) is 31.3. The van der Waals surface area contributed by atoms with Crippen LogP contribution < -0.4 is 0 Å². The van der Waals surface area contributed by atoms with E-state index in [4.69, 9.17) is 14.6 Å². The Morgan fingerprint density at radius 1 is 1.22 bits per heavy atom. The molecule has 6 nitrogen and oxygen atoms in total. The summed E-state index contributed by atoms with van der Waals surface area (Å²) in [7, 11) is 0. The first-order chi connectivity index (χ1) is 8.63. The summed E-state index contributed by atoms with van der Waals surface area (Å²) in [6, 6.07) is 8.22. The molecule has 3 N–H and O–H groups in total. The van der Waals surface area contributed by atoms with Crippen molar-refractivity contribution in [2.24, 2.45) is 0 Å². The van der Waals surface area contributed by atoms with Crippen LogP contribution in [0.1, 0.15) is 10.4 Å². The zero-order chi connectivity index (χ0) is 13.1. The van der Waals surface area contributed by atoms with Crippen molar-refractivity contribution in [3.63, 3.8) is 0 Å². The van der Waals surface area contributed by atoms with Gasteiger partial charge < -0.3 is 24.8 Å². The van der Waals surface area contributed by atoms with Crippen LogP contribution in [0, 0.1) is 0 Å². The minimum absolute atomic E-state index is 0.315. The van der Waals surface area contributed by atoms with E-state index in [1.165, 1.54) is 0 Å². The molecule has 6 heteroatoms. The number of benzene rings is 1. The Morgan fingerprint density at radius 3 is 2.44 bits per heavy atom. The fraction of sp³-hybridized carbons (Fsp3) is 0.417. The van der Waals surface area contributed by atoms with E-state index >= 15 is 0 Å². The van der Waals surface area contributed by atoms with E-state index in [0.717, 1.165) is 0 Å². The molecule has 0 bridgehead atoms. The summed E-state index contributed by atoms with van der Waals surface area (Å²) >= 11 is 0. The molecule has 2 rings (SSSR count). The SMILES string of the molecule is O=C(O[C@@H]1O[C@H](CO)[C@@H](O)[C@@H]1O)c1ccccc1. The van der Waals surface area contributed by atoms with Crippen LogP contribution in [0.25, 0.3) is 0 Å². The molecule has 1 fully saturated rings. The number of esters is 1. The van der Waals surface area contributed by atoms with Crippen LogP contribution in [-0.2, 0) is 9.47 Å². The molecule has 0 saturated carbocycles. The van der Waals surface area contributed by atoms with E-state index in [9.17, 15) is 15.0 Å². The van der Waals surface area contributed by atoms with Gasteiger partial charge in [-0.05, 0) is 12.1 Å². The number of ether oxygens (including phenoxy) is 2. The van der Waals surface area contributed by atoms with Crippen LogP contribution in [0.15, 0.2) is 30.3 Å². The topological polar surface area (TPSA) is 96.2 Å². The zero-order valence-electron chi connectivity index (χ0n) is 9.47. The van der Waals surface area contributed by atoms with Crippen LogP contribution in [0.4, 0.5) is 0 Å². The average molecular weight is 254 g/mol. The van der Waals surface area contributed by atoms with Gasteiger partial charge in [0.1, 0.15) is 18.3 Å². The average Bonchev–Trinajstić information content (AvgIpc) is 2.67. The van der Waals surface area contributed by atoms with Gasteiger partial charge in [0.25, 0.3) is 0 Å². The molecular formula is C12H14O6. The van der Waals surface area contributed by atoms with Crippen molar-refractivity contribution in [3.05, 3.63) is 35.9 Å². The van der Waals surface area contributed by atoms with E-state index < -0.39 is 37.2 Å². The quantitative estimate of drug-likeness (QED) is 0.616. The summed E-state index contributed by atoms with van der Waals surface area (Å²) in [5, 5.41) is 28.0. The van der Waals surface area contributed by atoms with E-state index in [-0.39, 0.29) is 0 Å². The summed E-state index contributed by atoms with van der Waals surface area (Å²) < 4.78 is 9.96. The third-order valence-electron chi connectivity index (χ3n) is 2.73. The molecule has 1 saturated heterocycles. The van der Waals surface area contributed by atoms with Gasteiger partial charge in [-0.2, -0.15) is 0 Å². The Balaban J connectivity index is 2.00. The largest absolute Gasteiger partial charge is 0.429 e. The molecule has 0 amide bonds. The second-order valence-electron chi connectivity index (χ2n) is 3.98. The number of carbonyl (C=O) groups excluding carboxylic acids is 1. The van der Waals surface area contributed by atoms with Gasteiger partial charge in [-0.3, -0.25) is 0 Å². The summed E-state index contributed by atoms with van der Waals surface area (Å²) in [6.07, 6.45) is -4.86. The monoisotopic (exact) mass is 254 g/mol. The number of aliphatic hydroxyl groups excluding tert-OH is 3. The highest BCUT2D eigenvalue weighted by Gasteiger charge is 2.44. The molecule has 4 atom stereocenters. The van der Waals surface area contributed by atoms with Crippen molar-refractivity contribution in [1.82, 2.24) is 0 Å². The number of aliphatic hydroxyl groups is 3. The van der Waals surface area contributed by atoms with Crippen molar-refractivity contribution >= 4 is 5.97 Å². The summed E-state index contributed by atoms with van der Waals surface area (Å²) in [4.78, 5) is 11.7. The summed E-state index contributed by atoms with van der Waals surface area (Å²) in [5.74, 6) is -0.662. The Morgan fingerprint density at radius 2 is 1.89 bits per heavy atom. The third-order valence-corrected chi connectivity index (χ3v) is 2.73. The van der Waals surface area contributed by atoms with Crippen LogP contribution in [0.3, 0.4) is 0 Å². The highest BCUT2D eigenvalue weighted by Crippen LogP contribution is 2.22. The Labute approximate surface area is 103 Å². The van der Waals surface area contributed by atoms with Crippen LogP contribution in [0.2, 0.25) is 0 Å². The van der Waals surface area contributed by atoms with Crippen LogP contribution in [0.5, 0.6) is 0 Å². The second kappa shape index (κ2) is 5.45. The summed E-state index contributed by atoms with van der Waals surface area (Å²) in [5.41, 5.74) is 0.315. The summed E-state index contributed by atoms with van der Waals surface area (Å²) in [6.45, 7) is -0.461. The van der Waals surface area contributed by atoms with Gasteiger partial charge in [0.2, 0.25) is 6.29 Å². The minimum Gasteiger partial charge on any atom is -0.429 e. The highest BCUT2D eigenvalue weighted by molar-refractivity contribution is 5.89. The van der Waals surface area contributed by atoms with Crippen molar-refractivity contribution in [2.45, 2.75) is 24.6 Å². The lowest BCUT2D eigenvalue weighted by Crippen LogP contribution is -2.35. The number of carbonyl (C=O) groups is 1. The molecule has 98 valence electrons. The maximum Gasteiger partial charge on any atom is 0.340 e. The lowest BCUT2D eigenvalue weighted by Gasteiger charge is -2.15. The molecule has 0 radical (unpaired) electrons. The minimum atomic E-state index is -1.37. The highest BCUT2D eigenvalue weighted by atomic mass is 16.7. The van der Waals surface area contributed by atoms with E-state index in [1.54, 1.807) is 30.3 Å². The molecule has 0 aliphatic carbocycles. The predicted octanol–water partition coefficient (Wildman–Crippen LogP) is -0.718. The van der Waals surface area contributed by atoms with Crippen LogP contribution in [-0.4, -0.2) is 52.5 Å². The van der Waals surface area contributed by atoms with Crippen LogP contribution >= 0.6 is 0 Å². The van der Waals surface area contributed by atoms with Crippen molar-refractivity contribution in [2.75, 3.05) is 6.61 Å². The standard InChI is InChI=1S/C12H14O6/c13-6-8-9(14)10(15)12(17-8)18-11(16)7-4-2-1-3-5-7/h1-5,8-10,12-15H,6H2/t8-,9-,10+,12+/m1/s1. The number of hydrogen-bond donors (Lipinski definition) is 3. The zero-order valence-corrected chi connectivity index (χ0v) is 9.47. The van der Waals surface area contributed by atoms with Crippen molar-refractivity contribution in [3.8, 4) is 0 Å². The third kappa shape index (κ3) is 2.51. The molecule has 18 heavy (non-hydrogen) atoms. The molecule has 0 unspecified atom stereocenters. The lowest BCUT2D eigenvalue weighted by atomic mass is 10.1. The maximum atomic E-state index is 11.7.